The Morgan fingerprint density at radius 3 is 1.18 bits per heavy atom. The van der Waals surface area contributed by atoms with Gasteiger partial charge in [-0.2, -0.15) is 0 Å². The molecule has 0 amide bonds. The number of rotatable bonds is 8. The first-order valence-electron chi connectivity index (χ1n) is 18.7. The van der Waals surface area contributed by atoms with E-state index in [1.165, 1.54) is 5.56 Å². The van der Waals surface area contributed by atoms with Crippen molar-refractivity contribution < 1.29 is 4.74 Å². The van der Waals surface area contributed by atoms with E-state index in [2.05, 4.69) is 228 Å². The van der Waals surface area contributed by atoms with Gasteiger partial charge in [-0.1, -0.05) is 140 Å². The van der Waals surface area contributed by atoms with Crippen LogP contribution in [0, 0.1) is 0 Å². The van der Waals surface area contributed by atoms with Gasteiger partial charge in [-0.15, -0.1) is 0 Å². The van der Waals surface area contributed by atoms with Crippen molar-refractivity contribution in [2.45, 2.75) is 0 Å². The first-order chi connectivity index (χ1) is 27.3. The maximum absolute atomic E-state index is 7.23. The van der Waals surface area contributed by atoms with E-state index in [0.717, 1.165) is 84.2 Å². The summed E-state index contributed by atoms with van der Waals surface area (Å²) in [6.07, 6.45) is 0. The van der Waals surface area contributed by atoms with Crippen molar-refractivity contribution in [1.29, 1.82) is 0 Å². The molecule has 1 heterocycles. The molecule has 260 valence electrons. The second-order valence-corrected chi connectivity index (χ2v) is 13.7. The molecule has 3 heteroatoms. The number of para-hydroxylation sites is 5. The molecule has 0 aliphatic carbocycles. The molecule has 0 bridgehead atoms. The first kappa shape index (κ1) is 32.3. The van der Waals surface area contributed by atoms with Crippen LogP contribution < -0.4 is 14.5 Å². The molecule has 1 aliphatic rings. The molecule has 0 atom stereocenters. The molecule has 0 spiro atoms. The Morgan fingerprint density at radius 2 is 0.673 bits per heavy atom. The van der Waals surface area contributed by atoms with Crippen molar-refractivity contribution >= 4 is 44.9 Å². The van der Waals surface area contributed by atoms with Crippen LogP contribution in [-0.2, 0) is 0 Å². The highest BCUT2D eigenvalue weighted by molar-refractivity contribution is 6.09. The predicted octanol–water partition coefficient (Wildman–Crippen LogP) is 14.9. The van der Waals surface area contributed by atoms with Gasteiger partial charge in [-0.25, -0.2) is 0 Å². The second kappa shape index (κ2) is 13.9. The Bertz CT molecular complexity index is 2700. The molecule has 0 saturated carbocycles. The zero-order valence-corrected chi connectivity index (χ0v) is 30.1. The van der Waals surface area contributed by atoms with E-state index in [1.54, 1.807) is 0 Å². The highest BCUT2D eigenvalue weighted by atomic mass is 16.5. The Morgan fingerprint density at radius 1 is 0.273 bits per heavy atom. The minimum Gasteiger partial charge on any atom is -0.455 e. The topological polar surface area (TPSA) is 15.7 Å². The third kappa shape index (κ3) is 5.89. The normalized spacial score (nSPS) is 11.4. The van der Waals surface area contributed by atoms with Crippen molar-refractivity contribution in [2.75, 3.05) is 9.80 Å². The molecule has 0 fully saturated rings. The summed E-state index contributed by atoms with van der Waals surface area (Å²) in [7, 11) is 0. The average Bonchev–Trinajstić information content (AvgIpc) is 3.26. The lowest BCUT2D eigenvalue weighted by atomic mass is 9.89. The Kier molecular flexibility index (Phi) is 8.16. The van der Waals surface area contributed by atoms with Gasteiger partial charge < -0.3 is 14.5 Å². The fraction of sp³-hybridized carbons (Fsp3) is 0. The van der Waals surface area contributed by atoms with Crippen molar-refractivity contribution in [3.63, 3.8) is 0 Å². The maximum atomic E-state index is 7.23. The van der Waals surface area contributed by atoms with Crippen LogP contribution in [0.25, 0.3) is 44.2 Å². The molecule has 0 radical (unpaired) electrons. The van der Waals surface area contributed by atoms with Crippen LogP contribution in [0.5, 0.6) is 11.5 Å². The van der Waals surface area contributed by atoms with Crippen LogP contribution in [0.1, 0.15) is 0 Å². The van der Waals surface area contributed by atoms with E-state index < -0.39 is 0 Å². The summed E-state index contributed by atoms with van der Waals surface area (Å²) in [6, 6.07) is 77.2. The first-order valence-corrected chi connectivity index (χ1v) is 18.7. The summed E-state index contributed by atoms with van der Waals surface area (Å²) in [6.45, 7) is 0. The number of ether oxygens (including phenoxy) is 1. The van der Waals surface area contributed by atoms with Crippen molar-refractivity contribution in [2.24, 2.45) is 0 Å². The molecule has 55 heavy (non-hydrogen) atoms. The molecule has 10 rings (SSSR count). The summed E-state index contributed by atoms with van der Waals surface area (Å²) in [5, 5.41) is 2.29. The lowest BCUT2D eigenvalue weighted by molar-refractivity contribution is 0.490. The van der Waals surface area contributed by atoms with Crippen LogP contribution in [0.4, 0.5) is 34.1 Å². The fourth-order valence-electron chi connectivity index (χ4n) is 7.92. The third-order valence-corrected chi connectivity index (χ3v) is 10.4. The van der Waals surface area contributed by atoms with Crippen LogP contribution in [0.15, 0.2) is 218 Å². The predicted molar refractivity (Wildman–Crippen MR) is 230 cm³/mol. The van der Waals surface area contributed by atoms with Gasteiger partial charge in [0.05, 0.1) is 0 Å². The highest BCUT2D eigenvalue weighted by Gasteiger charge is 2.26. The molecule has 0 unspecified atom stereocenters. The summed E-state index contributed by atoms with van der Waals surface area (Å²) in [5.74, 6) is 1.74. The van der Waals surface area contributed by atoms with E-state index in [4.69, 9.17) is 4.74 Å². The monoisotopic (exact) mass is 704 g/mol. The molecule has 3 nitrogen and oxygen atoms in total. The van der Waals surface area contributed by atoms with E-state index in [1.807, 2.05) is 0 Å². The Balaban J connectivity index is 1.10. The van der Waals surface area contributed by atoms with Crippen LogP contribution in [0.2, 0.25) is 0 Å². The van der Waals surface area contributed by atoms with Crippen LogP contribution >= 0.6 is 0 Å². The van der Waals surface area contributed by atoms with Gasteiger partial charge >= 0.3 is 0 Å². The van der Waals surface area contributed by atoms with E-state index in [0.29, 0.717) is 0 Å². The zero-order valence-electron chi connectivity index (χ0n) is 30.1. The van der Waals surface area contributed by atoms with Gasteiger partial charge in [0.15, 0.2) is 0 Å². The van der Waals surface area contributed by atoms with Crippen LogP contribution in [-0.4, -0.2) is 0 Å². The highest BCUT2D eigenvalue weighted by Crippen LogP contribution is 2.54. The largest absolute Gasteiger partial charge is 0.455 e. The van der Waals surface area contributed by atoms with Crippen molar-refractivity contribution in [1.82, 2.24) is 0 Å². The lowest BCUT2D eigenvalue weighted by Crippen LogP contribution is -2.09. The van der Waals surface area contributed by atoms with Gasteiger partial charge in [0.1, 0.15) is 11.5 Å². The molecule has 0 aromatic heterocycles. The van der Waals surface area contributed by atoms with Crippen molar-refractivity contribution in [3.8, 4) is 44.9 Å². The lowest BCUT2D eigenvalue weighted by Gasteiger charge is -2.28. The molecule has 1 aliphatic heterocycles. The van der Waals surface area contributed by atoms with Crippen molar-refractivity contribution in [3.05, 3.63) is 218 Å². The summed E-state index contributed by atoms with van der Waals surface area (Å²) >= 11 is 0. The van der Waals surface area contributed by atoms with E-state index in [9.17, 15) is 0 Å². The van der Waals surface area contributed by atoms with Gasteiger partial charge in [0.25, 0.3) is 0 Å². The zero-order chi connectivity index (χ0) is 36.6. The maximum Gasteiger partial charge on any atom is 0.143 e. The van der Waals surface area contributed by atoms with Gasteiger partial charge in [-0.3, -0.25) is 0 Å². The molecular formula is C52H36N2O. The summed E-state index contributed by atoms with van der Waals surface area (Å²) in [5.41, 5.74) is 13.1. The Labute approximate surface area is 321 Å². The number of hydrogen-bond acceptors (Lipinski definition) is 3. The number of anilines is 6. The smallest absolute Gasteiger partial charge is 0.143 e. The van der Waals surface area contributed by atoms with E-state index in [-0.39, 0.29) is 0 Å². The summed E-state index contributed by atoms with van der Waals surface area (Å²) < 4.78 is 7.23. The molecule has 9 aromatic carbocycles. The van der Waals surface area contributed by atoms with E-state index >= 15 is 0 Å². The molecule has 0 N–H and O–H groups in total. The molecule has 9 aromatic rings. The standard InChI is InChI=1S/C52H36N2O/c1-5-20-40(21-6-1)53(41-22-7-2-8-23-41)44-28-13-18-38(35-44)46-30-16-32-49-48-31-15-17-37-33-34-47(52(50(37)48)55-51(46)49)39-19-14-29-45(36-39)54(42-24-9-3-10-25-42)43-26-11-4-12-27-43/h1-36H. The second-order valence-electron chi connectivity index (χ2n) is 13.7. The minimum atomic E-state index is 0.865. The van der Waals surface area contributed by atoms with Gasteiger partial charge in [-0.05, 0) is 101 Å². The minimum absolute atomic E-state index is 0.865. The SMILES string of the molecule is c1ccc(N(c2ccccc2)c2cccc(-c3cccc4c3Oc3c(-c5cccc(N(c6ccccc6)c6ccccc6)c5)ccc5cccc-4c35)c2)cc1. The Hall–Kier alpha value is -7.36. The van der Waals surface area contributed by atoms with Crippen LogP contribution in [0.3, 0.4) is 0 Å². The summed E-state index contributed by atoms with van der Waals surface area (Å²) in [4.78, 5) is 4.60. The molecular weight excluding hydrogens is 669 g/mol. The number of hydrogen-bond donors (Lipinski definition) is 0. The van der Waals surface area contributed by atoms with Gasteiger partial charge in [0, 0.05) is 56.2 Å². The third-order valence-electron chi connectivity index (χ3n) is 10.4. The molecule has 0 saturated heterocycles. The average molecular weight is 705 g/mol. The quantitative estimate of drug-likeness (QED) is 0.157. The number of benzene rings is 9. The number of nitrogens with zero attached hydrogens (tertiary/aromatic N) is 2. The number of fused-ring (bicyclic) bond motifs is 2. The fourth-order valence-corrected chi connectivity index (χ4v) is 7.92. The van der Waals surface area contributed by atoms with Gasteiger partial charge in [0.2, 0.25) is 0 Å².